The summed E-state index contributed by atoms with van der Waals surface area (Å²) in [4.78, 5) is 17.5. The van der Waals surface area contributed by atoms with Crippen molar-refractivity contribution in [1.82, 2.24) is 10.3 Å². The summed E-state index contributed by atoms with van der Waals surface area (Å²) in [6.45, 7) is 8.05. The lowest BCUT2D eigenvalue weighted by atomic mass is 10.1. The monoisotopic (exact) mass is 322 g/mol. The molecule has 0 aliphatic rings. The highest BCUT2D eigenvalue weighted by Crippen LogP contribution is 2.28. The molecule has 1 atom stereocenters. The molecule has 1 heterocycles. The molecule has 0 fully saturated rings. The number of hydrogen-bond acceptors (Lipinski definition) is 3. The second-order valence-electron chi connectivity index (χ2n) is 5.45. The largest absolute Gasteiger partial charge is 0.349 e. The van der Waals surface area contributed by atoms with Crippen LogP contribution in [0.5, 0.6) is 0 Å². The minimum Gasteiger partial charge on any atom is -0.349 e. The molecule has 0 saturated heterocycles. The van der Waals surface area contributed by atoms with E-state index in [1.54, 1.807) is 0 Å². The van der Waals surface area contributed by atoms with E-state index in [1.165, 1.54) is 11.3 Å². The van der Waals surface area contributed by atoms with E-state index in [-0.39, 0.29) is 11.9 Å². The minimum absolute atomic E-state index is 0.0496. The molecule has 112 valence electrons. The maximum Gasteiger partial charge on any atom is 0.263 e. The number of carbonyl (C=O) groups is 1. The fourth-order valence-electron chi connectivity index (χ4n) is 1.76. The van der Waals surface area contributed by atoms with Gasteiger partial charge in [0.1, 0.15) is 9.88 Å². The first kappa shape index (κ1) is 16.0. The summed E-state index contributed by atoms with van der Waals surface area (Å²) in [6, 6.07) is 7.62. The topological polar surface area (TPSA) is 42.0 Å². The Morgan fingerprint density at radius 3 is 2.43 bits per heavy atom. The van der Waals surface area contributed by atoms with E-state index >= 15 is 0 Å². The van der Waals surface area contributed by atoms with Crippen molar-refractivity contribution >= 4 is 28.8 Å². The fraction of sp³-hybridized carbons (Fsp3) is 0.375. The van der Waals surface area contributed by atoms with Crippen LogP contribution >= 0.6 is 22.9 Å². The van der Waals surface area contributed by atoms with Gasteiger partial charge in [0, 0.05) is 16.6 Å². The Morgan fingerprint density at radius 2 is 1.86 bits per heavy atom. The summed E-state index contributed by atoms with van der Waals surface area (Å²) in [5.41, 5.74) is 1.74. The molecular weight excluding hydrogens is 304 g/mol. The van der Waals surface area contributed by atoms with Crippen LogP contribution in [0.3, 0.4) is 0 Å². The van der Waals surface area contributed by atoms with E-state index in [9.17, 15) is 4.79 Å². The van der Waals surface area contributed by atoms with Crippen LogP contribution in [0, 0.1) is 12.8 Å². The molecule has 3 nitrogen and oxygen atoms in total. The lowest BCUT2D eigenvalue weighted by Crippen LogP contribution is -2.35. The molecule has 1 unspecified atom stereocenters. The van der Waals surface area contributed by atoms with Crippen molar-refractivity contribution in [2.75, 3.05) is 0 Å². The highest BCUT2D eigenvalue weighted by molar-refractivity contribution is 7.17. The molecular formula is C16H19ClN2OS. The van der Waals surface area contributed by atoms with Gasteiger partial charge >= 0.3 is 0 Å². The second kappa shape index (κ2) is 6.58. The Hall–Kier alpha value is -1.39. The van der Waals surface area contributed by atoms with E-state index in [0.29, 0.717) is 15.8 Å². The van der Waals surface area contributed by atoms with Gasteiger partial charge in [-0.05, 0) is 31.9 Å². The number of rotatable bonds is 4. The predicted molar refractivity (Wildman–Crippen MR) is 89.1 cm³/mol. The van der Waals surface area contributed by atoms with Crippen LogP contribution in [0.15, 0.2) is 24.3 Å². The first-order valence-corrected chi connectivity index (χ1v) is 8.12. The zero-order valence-electron chi connectivity index (χ0n) is 12.6. The first-order valence-electron chi connectivity index (χ1n) is 6.92. The van der Waals surface area contributed by atoms with Crippen molar-refractivity contribution in [3.63, 3.8) is 0 Å². The third-order valence-corrected chi connectivity index (χ3v) is 4.91. The molecule has 5 heteroatoms. The Balaban J connectivity index is 2.23. The Morgan fingerprint density at radius 1 is 1.24 bits per heavy atom. The molecule has 0 saturated carbocycles. The van der Waals surface area contributed by atoms with Crippen molar-refractivity contribution in [2.24, 2.45) is 5.92 Å². The Kier molecular flexibility index (Phi) is 5.01. The maximum atomic E-state index is 12.3. The lowest BCUT2D eigenvalue weighted by Gasteiger charge is -2.16. The number of thiazole rings is 1. The molecule has 0 spiro atoms. The van der Waals surface area contributed by atoms with Gasteiger partial charge in [-0.2, -0.15) is 0 Å². The molecule has 0 bridgehead atoms. The highest BCUT2D eigenvalue weighted by atomic mass is 35.5. The van der Waals surface area contributed by atoms with Crippen molar-refractivity contribution in [3.05, 3.63) is 39.9 Å². The predicted octanol–water partition coefficient (Wildman–Crippen LogP) is 4.55. The number of benzene rings is 1. The quantitative estimate of drug-likeness (QED) is 0.897. The van der Waals surface area contributed by atoms with Crippen LogP contribution in [0.4, 0.5) is 0 Å². The van der Waals surface area contributed by atoms with Crippen molar-refractivity contribution in [2.45, 2.75) is 33.7 Å². The summed E-state index contributed by atoms with van der Waals surface area (Å²) in [5, 5.41) is 4.55. The molecule has 0 radical (unpaired) electrons. The zero-order valence-corrected chi connectivity index (χ0v) is 14.2. The van der Waals surface area contributed by atoms with Crippen LogP contribution in [-0.4, -0.2) is 16.9 Å². The van der Waals surface area contributed by atoms with Gasteiger partial charge in [-0.1, -0.05) is 37.6 Å². The summed E-state index contributed by atoms with van der Waals surface area (Å²) in [7, 11) is 0. The SMILES string of the molecule is Cc1nc(-c2ccc(Cl)cc2)sc1C(=O)NC(C)C(C)C. The average molecular weight is 323 g/mol. The summed E-state index contributed by atoms with van der Waals surface area (Å²) < 4.78 is 0. The number of aromatic nitrogens is 1. The first-order chi connectivity index (χ1) is 9.88. The highest BCUT2D eigenvalue weighted by Gasteiger charge is 2.18. The normalized spacial score (nSPS) is 12.5. The van der Waals surface area contributed by atoms with Gasteiger partial charge in [-0.15, -0.1) is 11.3 Å². The number of halogens is 1. The van der Waals surface area contributed by atoms with Crippen molar-refractivity contribution in [1.29, 1.82) is 0 Å². The number of amides is 1. The van der Waals surface area contributed by atoms with Crippen LogP contribution in [0.2, 0.25) is 5.02 Å². The smallest absolute Gasteiger partial charge is 0.263 e. The molecule has 21 heavy (non-hydrogen) atoms. The molecule has 2 aromatic rings. The number of nitrogens with zero attached hydrogens (tertiary/aromatic N) is 1. The van der Waals surface area contributed by atoms with E-state index in [2.05, 4.69) is 24.1 Å². The third kappa shape index (κ3) is 3.83. The van der Waals surface area contributed by atoms with Gasteiger partial charge in [0.15, 0.2) is 0 Å². The van der Waals surface area contributed by atoms with Crippen molar-refractivity contribution in [3.8, 4) is 10.6 Å². The standard InChI is InChI=1S/C16H19ClN2OS/c1-9(2)10(3)18-15(20)14-11(4)19-16(21-14)12-5-7-13(17)8-6-12/h5-10H,1-4H3,(H,18,20). The number of carbonyl (C=O) groups excluding carboxylic acids is 1. The van der Waals surface area contributed by atoms with Gasteiger partial charge in [0.05, 0.1) is 5.69 Å². The Bertz CT molecular complexity index is 634. The van der Waals surface area contributed by atoms with Crippen LogP contribution in [-0.2, 0) is 0 Å². The van der Waals surface area contributed by atoms with Gasteiger partial charge < -0.3 is 5.32 Å². The molecule has 2 rings (SSSR count). The average Bonchev–Trinajstić information content (AvgIpc) is 2.81. The van der Waals surface area contributed by atoms with Crippen LogP contribution < -0.4 is 5.32 Å². The van der Waals surface area contributed by atoms with Gasteiger partial charge in [0.2, 0.25) is 0 Å². The zero-order chi connectivity index (χ0) is 15.6. The third-order valence-electron chi connectivity index (χ3n) is 3.45. The van der Waals surface area contributed by atoms with Gasteiger partial charge in [-0.25, -0.2) is 4.98 Å². The van der Waals surface area contributed by atoms with E-state index in [0.717, 1.165) is 16.3 Å². The van der Waals surface area contributed by atoms with Gasteiger partial charge in [-0.3, -0.25) is 4.79 Å². The number of aryl methyl sites for hydroxylation is 1. The lowest BCUT2D eigenvalue weighted by molar-refractivity contribution is 0.0934. The number of hydrogen-bond donors (Lipinski definition) is 1. The summed E-state index contributed by atoms with van der Waals surface area (Å²) >= 11 is 7.31. The maximum absolute atomic E-state index is 12.3. The van der Waals surface area contributed by atoms with E-state index in [1.807, 2.05) is 38.1 Å². The summed E-state index contributed by atoms with van der Waals surface area (Å²) in [5.74, 6) is 0.351. The van der Waals surface area contributed by atoms with E-state index < -0.39 is 0 Å². The fourth-order valence-corrected chi connectivity index (χ4v) is 2.86. The molecule has 0 aliphatic heterocycles. The minimum atomic E-state index is -0.0496. The molecule has 1 aromatic heterocycles. The van der Waals surface area contributed by atoms with E-state index in [4.69, 9.17) is 11.6 Å². The number of nitrogens with one attached hydrogen (secondary N) is 1. The molecule has 0 aliphatic carbocycles. The summed E-state index contributed by atoms with van der Waals surface area (Å²) in [6.07, 6.45) is 0. The Labute approximate surface area is 134 Å². The second-order valence-corrected chi connectivity index (χ2v) is 6.88. The molecule has 1 amide bonds. The van der Waals surface area contributed by atoms with Crippen LogP contribution in [0.1, 0.15) is 36.1 Å². The van der Waals surface area contributed by atoms with Crippen molar-refractivity contribution < 1.29 is 4.79 Å². The van der Waals surface area contributed by atoms with Crippen LogP contribution in [0.25, 0.3) is 10.6 Å². The van der Waals surface area contributed by atoms with Gasteiger partial charge in [0.25, 0.3) is 5.91 Å². The molecule has 1 N–H and O–H groups in total. The molecule has 1 aromatic carbocycles.